The van der Waals surface area contributed by atoms with Crippen LogP contribution in [0.2, 0.25) is 15.1 Å². The molecule has 4 nitrogen and oxygen atoms in total. The Kier molecular flexibility index (Phi) is 4.57. The predicted octanol–water partition coefficient (Wildman–Crippen LogP) is 4.39. The summed E-state index contributed by atoms with van der Waals surface area (Å²) in [6.45, 7) is 0. The van der Waals surface area contributed by atoms with Crippen LogP contribution in [0.4, 0.5) is 5.69 Å². The molecule has 0 bridgehead atoms. The maximum Gasteiger partial charge on any atom is 0.274 e. The fraction of sp³-hybridized carbons (Fsp3) is 0. The van der Waals surface area contributed by atoms with Crippen LogP contribution in [0.1, 0.15) is 5.56 Å². The van der Waals surface area contributed by atoms with Gasteiger partial charge in [0.15, 0.2) is 0 Å². The molecule has 116 valence electrons. The van der Waals surface area contributed by atoms with E-state index in [1.54, 1.807) is 42.5 Å². The lowest BCUT2D eigenvalue weighted by Gasteiger charge is -2.02. The fourth-order valence-electron chi connectivity index (χ4n) is 2.00. The number of amides is 1. The van der Waals surface area contributed by atoms with E-state index in [1.807, 2.05) is 6.07 Å². The van der Waals surface area contributed by atoms with Crippen LogP contribution in [-0.2, 0) is 4.79 Å². The van der Waals surface area contributed by atoms with Crippen LogP contribution in [0.3, 0.4) is 0 Å². The Morgan fingerprint density at radius 3 is 2.22 bits per heavy atom. The van der Waals surface area contributed by atoms with Crippen LogP contribution < -0.4 is 10.6 Å². The van der Waals surface area contributed by atoms with E-state index in [0.29, 0.717) is 32.0 Å². The molecule has 1 aliphatic rings. The summed E-state index contributed by atoms with van der Waals surface area (Å²) in [4.78, 5) is 16.3. The molecule has 0 spiro atoms. The second-order valence-electron chi connectivity index (χ2n) is 4.68. The van der Waals surface area contributed by atoms with E-state index < -0.39 is 0 Å². The molecule has 23 heavy (non-hydrogen) atoms. The molecule has 1 heterocycles. The smallest absolute Gasteiger partial charge is 0.274 e. The van der Waals surface area contributed by atoms with Crippen LogP contribution in [0.15, 0.2) is 53.2 Å². The second-order valence-corrected chi connectivity index (χ2v) is 5.91. The number of guanidine groups is 1. The van der Waals surface area contributed by atoms with E-state index in [-0.39, 0.29) is 11.9 Å². The number of carbonyl (C=O) groups is 1. The number of para-hydroxylation sites is 1. The summed E-state index contributed by atoms with van der Waals surface area (Å²) in [6.07, 6.45) is 1.58. The molecule has 0 unspecified atom stereocenters. The average Bonchev–Trinajstić information content (AvgIpc) is 2.85. The van der Waals surface area contributed by atoms with Crippen molar-refractivity contribution in [1.82, 2.24) is 10.6 Å². The minimum atomic E-state index is -0.327. The van der Waals surface area contributed by atoms with Crippen molar-refractivity contribution in [2.24, 2.45) is 4.99 Å². The third-order valence-electron chi connectivity index (χ3n) is 3.10. The molecule has 1 fully saturated rings. The molecule has 2 N–H and O–H groups in total. The van der Waals surface area contributed by atoms with Crippen molar-refractivity contribution in [3.05, 3.63) is 68.8 Å². The van der Waals surface area contributed by atoms with Gasteiger partial charge in [0.1, 0.15) is 5.70 Å². The maximum atomic E-state index is 12.0. The highest BCUT2D eigenvalue weighted by Crippen LogP contribution is 2.27. The molecule has 0 atom stereocenters. The Balaban J connectivity index is 1.91. The average molecular weight is 367 g/mol. The summed E-state index contributed by atoms with van der Waals surface area (Å²) in [5.41, 5.74) is 1.41. The zero-order chi connectivity index (χ0) is 16.4. The maximum absolute atomic E-state index is 12.0. The Morgan fingerprint density at radius 2 is 1.52 bits per heavy atom. The van der Waals surface area contributed by atoms with Crippen molar-refractivity contribution < 1.29 is 4.79 Å². The molecular weight excluding hydrogens is 357 g/mol. The molecule has 0 aromatic heterocycles. The number of aliphatic imine (C=N–C) groups is 1. The summed E-state index contributed by atoms with van der Waals surface area (Å²) in [5.74, 6) is -0.0377. The van der Waals surface area contributed by atoms with Gasteiger partial charge in [-0.25, -0.2) is 4.99 Å². The first kappa shape index (κ1) is 15.9. The number of benzene rings is 2. The van der Waals surface area contributed by atoms with Crippen LogP contribution in [0, 0.1) is 0 Å². The highest BCUT2D eigenvalue weighted by molar-refractivity contribution is 6.37. The van der Waals surface area contributed by atoms with Gasteiger partial charge in [-0.2, -0.15) is 0 Å². The van der Waals surface area contributed by atoms with E-state index >= 15 is 0 Å². The first-order valence-electron chi connectivity index (χ1n) is 6.62. The van der Waals surface area contributed by atoms with E-state index in [0.717, 1.165) is 0 Å². The van der Waals surface area contributed by atoms with Crippen molar-refractivity contribution in [3.63, 3.8) is 0 Å². The van der Waals surface area contributed by atoms with E-state index in [1.165, 1.54) is 0 Å². The Bertz CT molecular complexity index is 826. The number of halogens is 3. The third kappa shape index (κ3) is 3.50. The largest absolute Gasteiger partial charge is 0.321 e. The molecule has 1 aliphatic heterocycles. The topological polar surface area (TPSA) is 53.5 Å². The van der Waals surface area contributed by atoms with Gasteiger partial charge in [-0.05, 0) is 30.3 Å². The van der Waals surface area contributed by atoms with Gasteiger partial charge in [-0.15, -0.1) is 0 Å². The highest BCUT2D eigenvalue weighted by Gasteiger charge is 2.22. The summed E-state index contributed by atoms with van der Waals surface area (Å²) in [6, 6.07) is 12.2. The summed E-state index contributed by atoms with van der Waals surface area (Å²) in [7, 11) is 0. The van der Waals surface area contributed by atoms with Crippen LogP contribution in [0.25, 0.3) is 6.08 Å². The monoisotopic (exact) mass is 365 g/mol. The second kappa shape index (κ2) is 6.62. The van der Waals surface area contributed by atoms with E-state index in [9.17, 15) is 4.79 Å². The third-order valence-corrected chi connectivity index (χ3v) is 4.08. The lowest BCUT2D eigenvalue weighted by molar-refractivity contribution is -0.115. The first-order valence-corrected chi connectivity index (χ1v) is 7.75. The quantitative estimate of drug-likeness (QED) is 0.774. The number of nitrogens with zero attached hydrogens (tertiary/aromatic N) is 1. The SMILES string of the molecule is O=C1NC(=Nc2ccccc2Cl)N/C1=C\c1c(Cl)cccc1Cl. The summed E-state index contributed by atoms with van der Waals surface area (Å²) >= 11 is 18.3. The normalized spacial score (nSPS) is 17.4. The lowest BCUT2D eigenvalue weighted by atomic mass is 10.2. The number of carbonyl (C=O) groups excluding carboxylic acids is 1. The van der Waals surface area contributed by atoms with Gasteiger partial charge in [0, 0.05) is 15.6 Å². The highest BCUT2D eigenvalue weighted by atomic mass is 35.5. The Hall–Kier alpha value is -2.01. The Labute approximate surface area is 147 Å². The van der Waals surface area contributed by atoms with Crippen LogP contribution >= 0.6 is 34.8 Å². The number of hydrogen-bond donors (Lipinski definition) is 2. The molecule has 1 amide bonds. The van der Waals surface area contributed by atoms with Crippen molar-refractivity contribution in [3.8, 4) is 0 Å². The minimum absolute atomic E-state index is 0.289. The summed E-state index contributed by atoms with van der Waals surface area (Å²) < 4.78 is 0. The molecule has 2 aromatic rings. The first-order chi connectivity index (χ1) is 11.0. The van der Waals surface area contributed by atoms with Crippen LogP contribution in [-0.4, -0.2) is 11.9 Å². The molecule has 0 aliphatic carbocycles. The molecule has 2 aromatic carbocycles. The van der Waals surface area contributed by atoms with Crippen molar-refractivity contribution in [2.45, 2.75) is 0 Å². The molecule has 3 rings (SSSR count). The van der Waals surface area contributed by atoms with Crippen LogP contribution in [0.5, 0.6) is 0 Å². The van der Waals surface area contributed by atoms with Gasteiger partial charge in [-0.1, -0.05) is 53.0 Å². The Morgan fingerprint density at radius 1 is 0.870 bits per heavy atom. The van der Waals surface area contributed by atoms with Gasteiger partial charge in [-0.3, -0.25) is 10.1 Å². The predicted molar refractivity (Wildman–Crippen MR) is 94.3 cm³/mol. The summed E-state index contributed by atoms with van der Waals surface area (Å²) in [5, 5.41) is 6.92. The molecular formula is C16H10Cl3N3O. The van der Waals surface area contributed by atoms with Gasteiger partial charge < -0.3 is 5.32 Å². The van der Waals surface area contributed by atoms with Crippen molar-refractivity contribution >= 4 is 58.4 Å². The van der Waals surface area contributed by atoms with E-state index in [4.69, 9.17) is 34.8 Å². The molecule has 1 saturated heterocycles. The van der Waals surface area contributed by atoms with Crippen molar-refractivity contribution in [2.75, 3.05) is 0 Å². The lowest BCUT2D eigenvalue weighted by Crippen LogP contribution is -2.24. The zero-order valence-electron chi connectivity index (χ0n) is 11.6. The zero-order valence-corrected chi connectivity index (χ0v) is 13.9. The van der Waals surface area contributed by atoms with Gasteiger partial charge in [0.2, 0.25) is 5.96 Å². The number of nitrogens with one attached hydrogen (secondary N) is 2. The van der Waals surface area contributed by atoms with E-state index in [2.05, 4.69) is 15.6 Å². The molecule has 0 radical (unpaired) electrons. The van der Waals surface area contributed by atoms with Gasteiger partial charge in [0.25, 0.3) is 5.91 Å². The fourth-order valence-corrected chi connectivity index (χ4v) is 2.69. The molecule has 0 saturated carbocycles. The number of rotatable bonds is 2. The molecule has 7 heteroatoms. The van der Waals surface area contributed by atoms with Gasteiger partial charge >= 0.3 is 0 Å². The minimum Gasteiger partial charge on any atom is -0.321 e. The standard InChI is InChI=1S/C16H10Cl3N3O/c17-10-5-3-6-11(18)9(10)8-14-15(23)22-16(21-14)20-13-7-2-1-4-12(13)19/h1-8H,(H2,20,21,22,23)/b14-8-. The van der Waals surface area contributed by atoms with Crippen molar-refractivity contribution in [1.29, 1.82) is 0 Å². The van der Waals surface area contributed by atoms with Gasteiger partial charge in [0.05, 0.1) is 10.7 Å². The number of hydrogen-bond acceptors (Lipinski definition) is 2.